The van der Waals surface area contributed by atoms with E-state index in [0.717, 1.165) is 24.1 Å². The van der Waals surface area contributed by atoms with Gasteiger partial charge in [-0.1, -0.05) is 18.2 Å². The van der Waals surface area contributed by atoms with Crippen molar-refractivity contribution in [1.82, 2.24) is 5.32 Å². The van der Waals surface area contributed by atoms with Gasteiger partial charge in [0.15, 0.2) is 17.3 Å². The smallest absolute Gasteiger partial charge is 0.287 e. The highest BCUT2D eigenvalue weighted by atomic mass is 19.1. The van der Waals surface area contributed by atoms with Crippen LogP contribution < -0.4 is 19.7 Å². The van der Waals surface area contributed by atoms with Gasteiger partial charge in [0.05, 0.1) is 33.6 Å². The van der Waals surface area contributed by atoms with Crippen LogP contribution in [0.5, 0.6) is 11.5 Å². The average Bonchev–Trinajstić information content (AvgIpc) is 3.33. The van der Waals surface area contributed by atoms with Crippen LogP contribution in [0.4, 0.5) is 4.39 Å². The largest absolute Gasteiger partial charge is 0.493 e. The second-order valence-electron chi connectivity index (χ2n) is 7.57. The van der Waals surface area contributed by atoms with E-state index in [-0.39, 0.29) is 23.5 Å². The lowest BCUT2D eigenvalue weighted by molar-refractivity contribution is -0.946. The number of hydrogen-bond acceptors (Lipinski definition) is 4. The maximum absolute atomic E-state index is 14.4. The molecule has 0 radical (unpaired) electrons. The summed E-state index contributed by atoms with van der Waals surface area (Å²) in [6.07, 6.45) is 2.29. The topological polar surface area (TPSA) is 65.1 Å². The number of carbonyl (C=O) groups excluding carboxylic acids is 1. The molecule has 1 amide bonds. The van der Waals surface area contributed by atoms with Crippen molar-refractivity contribution < 1.29 is 28.0 Å². The maximum atomic E-state index is 14.4. The van der Waals surface area contributed by atoms with Gasteiger partial charge in [-0.2, -0.15) is 0 Å². The summed E-state index contributed by atoms with van der Waals surface area (Å²) < 4.78 is 30.5. The number of hydrogen-bond donors (Lipinski definition) is 2. The zero-order chi connectivity index (χ0) is 21.8. The third-order valence-electron chi connectivity index (χ3n) is 5.82. The summed E-state index contributed by atoms with van der Waals surface area (Å²) in [6.45, 7) is 1.70. The molecule has 162 valence electrons. The average molecular weight is 425 g/mol. The summed E-state index contributed by atoms with van der Waals surface area (Å²) in [5.74, 6) is 1.08. The molecule has 1 aliphatic heterocycles. The van der Waals surface area contributed by atoms with E-state index in [2.05, 4.69) is 5.32 Å². The first-order valence-corrected chi connectivity index (χ1v) is 10.2. The SMILES string of the molecule is COc1cc2c(cc1OC)[C@@H](CNC(=O)c1ccco1)[NH+](Cc1ccccc1F)CC2. The second kappa shape index (κ2) is 9.22. The molecule has 31 heavy (non-hydrogen) atoms. The molecule has 6 nitrogen and oxygen atoms in total. The number of rotatable bonds is 7. The van der Waals surface area contributed by atoms with Crippen LogP contribution in [-0.2, 0) is 13.0 Å². The standard InChI is InChI=1S/C24H25FN2O4/c1-29-22-12-16-9-10-27(15-17-6-3-4-7-19(17)25)20(18(16)13-23(22)30-2)14-26-24(28)21-8-5-11-31-21/h3-8,11-13,20H,9-10,14-15H2,1-2H3,(H,26,28)/p+1/t20-/m1/s1. The molecule has 2 N–H and O–H groups in total. The highest BCUT2D eigenvalue weighted by Gasteiger charge is 2.33. The number of carbonyl (C=O) groups is 1. The first-order valence-electron chi connectivity index (χ1n) is 10.2. The molecule has 2 atom stereocenters. The van der Waals surface area contributed by atoms with Crippen LogP contribution in [0.3, 0.4) is 0 Å². The van der Waals surface area contributed by atoms with Gasteiger partial charge in [-0.05, 0) is 35.9 Å². The van der Waals surface area contributed by atoms with Gasteiger partial charge in [0.2, 0.25) is 0 Å². The fourth-order valence-corrected chi connectivity index (χ4v) is 4.21. The van der Waals surface area contributed by atoms with Gasteiger partial charge in [0.25, 0.3) is 5.91 Å². The summed E-state index contributed by atoms with van der Waals surface area (Å²) in [5, 5.41) is 2.97. The molecule has 0 bridgehead atoms. The molecular formula is C24H26FN2O4+. The van der Waals surface area contributed by atoms with Crippen molar-refractivity contribution in [2.75, 3.05) is 27.3 Å². The summed E-state index contributed by atoms with van der Waals surface area (Å²) in [5.41, 5.74) is 2.87. The minimum atomic E-state index is -0.275. The fourth-order valence-electron chi connectivity index (χ4n) is 4.21. The van der Waals surface area contributed by atoms with Crippen molar-refractivity contribution >= 4 is 5.91 Å². The first kappa shape index (κ1) is 20.9. The summed E-state index contributed by atoms with van der Waals surface area (Å²) in [4.78, 5) is 13.7. The van der Waals surface area contributed by atoms with Crippen LogP contribution in [0.25, 0.3) is 0 Å². The Labute approximate surface area is 180 Å². The van der Waals surface area contributed by atoms with Gasteiger partial charge in [-0.3, -0.25) is 4.79 Å². The minimum Gasteiger partial charge on any atom is -0.493 e. The number of methoxy groups -OCH3 is 2. The molecule has 2 heterocycles. The van der Waals surface area contributed by atoms with Crippen LogP contribution >= 0.6 is 0 Å². The summed E-state index contributed by atoms with van der Waals surface area (Å²) >= 11 is 0. The molecular weight excluding hydrogens is 399 g/mol. The van der Waals surface area contributed by atoms with Crippen molar-refractivity contribution in [2.45, 2.75) is 19.0 Å². The van der Waals surface area contributed by atoms with Crippen molar-refractivity contribution in [1.29, 1.82) is 0 Å². The Hall–Kier alpha value is -3.32. The molecule has 0 aliphatic carbocycles. The van der Waals surface area contributed by atoms with Gasteiger partial charge in [0.1, 0.15) is 18.4 Å². The van der Waals surface area contributed by atoms with E-state index < -0.39 is 0 Å². The molecule has 7 heteroatoms. The Balaban J connectivity index is 1.65. The number of halogens is 1. The number of nitrogens with one attached hydrogen (secondary N) is 2. The lowest BCUT2D eigenvalue weighted by Crippen LogP contribution is -3.12. The second-order valence-corrected chi connectivity index (χ2v) is 7.57. The number of fused-ring (bicyclic) bond motifs is 1. The molecule has 3 aromatic rings. The molecule has 1 aliphatic rings. The van der Waals surface area contributed by atoms with E-state index in [4.69, 9.17) is 13.9 Å². The Morgan fingerprint density at radius 2 is 1.94 bits per heavy atom. The fraction of sp³-hybridized carbons (Fsp3) is 0.292. The number of ether oxygens (including phenoxy) is 2. The van der Waals surface area contributed by atoms with E-state index in [9.17, 15) is 9.18 Å². The minimum absolute atomic E-state index is 0.0814. The molecule has 0 saturated heterocycles. The molecule has 0 fully saturated rings. The Morgan fingerprint density at radius 1 is 1.16 bits per heavy atom. The normalized spacial score (nSPS) is 17.6. The lowest BCUT2D eigenvalue weighted by Gasteiger charge is -2.35. The Kier molecular flexibility index (Phi) is 6.23. The summed E-state index contributed by atoms with van der Waals surface area (Å²) in [7, 11) is 3.22. The van der Waals surface area contributed by atoms with E-state index in [1.54, 1.807) is 32.4 Å². The van der Waals surface area contributed by atoms with Gasteiger partial charge >= 0.3 is 0 Å². The Morgan fingerprint density at radius 3 is 2.65 bits per heavy atom. The van der Waals surface area contributed by atoms with Crippen molar-refractivity contribution in [3.63, 3.8) is 0 Å². The zero-order valence-electron chi connectivity index (χ0n) is 17.6. The van der Waals surface area contributed by atoms with Crippen molar-refractivity contribution in [2.24, 2.45) is 0 Å². The first-order chi connectivity index (χ1) is 15.1. The molecule has 4 rings (SSSR count). The van der Waals surface area contributed by atoms with Crippen LogP contribution in [0.15, 0.2) is 59.2 Å². The van der Waals surface area contributed by atoms with Crippen LogP contribution in [0.1, 0.15) is 33.3 Å². The van der Waals surface area contributed by atoms with Gasteiger partial charge in [-0.25, -0.2) is 4.39 Å². The number of benzene rings is 2. The van der Waals surface area contributed by atoms with E-state index in [0.29, 0.717) is 30.2 Å². The number of amides is 1. The van der Waals surface area contributed by atoms with Crippen LogP contribution in [0, 0.1) is 5.82 Å². The zero-order valence-corrected chi connectivity index (χ0v) is 17.6. The molecule has 1 aromatic heterocycles. The number of quaternary nitrogens is 1. The monoisotopic (exact) mass is 425 g/mol. The predicted molar refractivity (Wildman–Crippen MR) is 113 cm³/mol. The van der Waals surface area contributed by atoms with Crippen molar-refractivity contribution in [3.05, 3.63) is 83.1 Å². The molecule has 2 aromatic carbocycles. The Bertz CT molecular complexity index is 1050. The van der Waals surface area contributed by atoms with E-state index in [1.165, 1.54) is 17.2 Å². The molecule has 1 unspecified atom stereocenters. The van der Waals surface area contributed by atoms with Gasteiger partial charge in [-0.15, -0.1) is 0 Å². The lowest BCUT2D eigenvalue weighted by atomic mass is 9.91. The predicted octanol–water partition coefficient (Wildman–Crippen LogP) is 2.55. The van der Waals surface area contributed by atoms with E-state index >= 15 is 0 Å². The van der Waals surface area contributed by atoms with Gasteiger partial charge < -0.3 is 24.1 Å². The van der Waals surface area contributed by atoms with E-state index in [1.807, 2.05) is 24.3 Å². The third-order valence-corrected chi connectivity index (χ3v) is 5.82. The number of furan rings is 1. The molecule has 0 saturated carbocycles. The summed E-state index contributed by atoms with van der Waals surface area (Å²) in [6, 6.07) is 14.0. The highest BCUT2D eigenvalue weighted by Crippen LogP contribution is 2.34. The van der Waals surface area contributed by atoms with Gasteiger partial charge in [0, 0.05) is 17.5 Å². The quantitative estimate of drug-likeness (QED) is 0.611. The maximum Gasteiger partial charge on any atom is 0.287 e. The molecule has 0 spiro atoms. The van der Waals surface area contributed by atoms with Crippen LogP contribution in [-0.4, -0.2) is 33.2 Å². The third kappa shape index (κ3) is 4.41. The van der Waals surface area contributed by atoms with Crippen molar-refractivity contribution in [3.8, 4) is 11.5 Å². The highest BCUT2D eigenvalue weighted by molar-refractivity contribution is 5.91. The van der Waals surface area contributed by atoms with Crippen LogP contribution in [0.2, 0.25) is 0 Å².